The highest BCUT2D eigenvalue weighted by atomic mass is 14.9. The van der Waals surface area contributed by atoms with E-state index in [-0.39, 0.29) is 0 Å². The Kier molecular flexibility index (Phi) is 5.72. The number of rotatable bonds is 7. The van der Waals surface area contributed by atoms with Gasteiger partial charge in [-0.25, -0.2) is 0 Å². The van der Waals surface area contributed by atoms with Gasteiger partial charge in [-0.05, 0) is 50.5 Å². The average Bonchev–Trinajstić information content (AvgIpc) is 2.73. The lowest BCUT2D eigenvalue weighted by atomic mass is 9.70. The zero-order valence-corrected chi connectivity index (χ0v) is 12.3. The van der Waals surface area contributed by atoms with Crippen molar-refractivity contribution in [1.29, 1.82) is 0 Å². The van der Waals surface area contributed by atoms with Crippen molar-refractivity contribution in [2.75, 3.05) is 7.05 Å². The molecule has 1 fully saturated rings. The average molecular weight is 237 g/mol. The summed E-state index contributed by atoms with van der Waals surface area (Å²) >= 11 is 0. The summed E-state index contributed by atoms with van der Waals surface area (Å²) in [7, 11) is 2.13. The maximum atomic E-state index is 4.20. The van der Waals surface area contributed by atoms with Gasteiger partial charge in [-0.2, -0.15) is 0 Å². The first kappa shape index (κ1) is 14.8. The molecule has 0 heterocycles. The second-order valence-corrected chi connectivity index (χ2v) is 6.32. The van der Waals surface area contributed by atoms with Crippen molar-refractivity contribution in [2.45, 2.75) is 71.8 Å². The highest BCUT2D eigenvalue weighted by Crippen LogP contribution is 2.47. The summed E-state index contributed by atoms with van der Waals surface area (Å²) in [5.74, 6) is 0.804. The molecule has 0 aromatic rings. The van der Waals surface area contributed by atoms with Crippen molar-refractivity contribution >= 4 is 0 Å². The highest BCUT2D eigenvalue weighted by Gasteiger charge is 2.40. The predicted molar refractivity (Wildman–Crippen MR) is 77.3 cm³/mol. The minimum Gasteiger partial charge on any atom is -0.316 e. The molecule has 0 radical (unpaired) electrons. The third-order valence-electron chi connectivity index (χ3n) is 4.49. The quantitative estimate of drug-likeness (QED) is 0.641. The van der Waals surface area contributed by atoms with Gasteiger partial charge in [0, 0.05) is 6.04 Å². The van der Waals surface area contributed by atoms with Crippen LogP contribution in [0.1, 0.15) is 65.7 Å². The molecule has 100 valence electrons. The van der Waals surface area contributed by atoms with Gasteiger partial charge in [0.2, 0.25) is 0 Å². The Hall–Kier alpha value is -0.300. The van der Waals surface area contributed by atoms with Crippen molar-refractivity contribution in [3.63, 3.8) is 0 Å². The summed E-state index contributed by atoms with van der Waals surface area (Å²) in [6.45, 7) is 11.1. The molecule has 0 bridgehead atoms. The van der Waals surface area contributed by atoms with Crippen molar-refractivity contribution in [3.05, 3.63) is 12.2 Å². The van der Waals surface area contributed by atoms with Gasteiger partial charge in [0.25, 0.3) is 0 Å². The highest BCUT2D eigenvalue weighted by molar-refractivity contribution is 5.04. The SMILES string of the molecule is C=C(CC)CC(NC)C1(CC(C)C)CCCC1. The van der Waals surface area contributed by atoms with E-state index in [2.05, 4.69) is 39.7 Å². The fraction of sp³-hybridized carbons (Fsp3) is 0.875. The van der Waals surface area contributed by atoms with Gasteiger partial charge in [0.1, 0.15) is 0 Å². The molecule has 1 nitrogen and oxygen atoms in total. The molecular formula is C16H31N. The summed E-state index contributed by atoms with van der Waals surface area (Å²) in [4.78, 5) is 0. The molecule has 1 saturated carbocycles. The van der Waals surface area contributed by atoms with Gasteiger partial charge < -0.3 is 5.32 Å². The summed E-state index contributed by atoms with van der Waals surface area (Å²) in [6, 6.07) is 0.639. The van der Waals surface area contributed by atoms with Crippen LogP contribution < -0.4 is 5.32 Å². The van der Waals surface area contributed by atoms with E-state index in [0.29, 0.717) is 11.5 Å². The van der Waals surface area contributed by atoms with Crippen molar-refractivity contribution in [2.24, 2.45) is 11.3 Å². The first-order valence-corrected chi connectivity index (χ1v) is 7.38. The van der Waals surface area contributed by atoms with E-state index in [1.807, 2.05) is 0 Å². The molecule has 0 saturated heterocycles. The fourth-order valence-corrected chi connectivity index (χ4v) is 3.64. The number of hydrogen-bond donors (Lipinski definition) is 1. The van der Waals surface area contributed by atoms with Gasteiger partial charge in [-0.3, -0.25) is 0 Å². The molecule has 1 rings (SSSR count). The van der Waals surface area contributed by atoms with Crippen molar-refractivity contribution in [1.82, 2.24) is 5.32 Å². The number of hydrogen-bond acceptors (Lipinski definition) is 1. The molecule has 1 unspecified atom stereocenters. The molecule has 17 heavy (non-hydrogen) atoms. The van der Waals surface area contributed by atoms with E-state index in [4.69, 9.17) is 0 Å². The molecule has 1 atom stereocenters. The Morgan fingerprint density at radius 3 is 2.29 bits per heavy atom. The van der Waals surface area contributed by atoms with Crippen LogP contribution in [0.2, 0.25) is 0 Å². The van der Waals surface area contributed by atoms with Crippen LogP contribution in [0.3, 0.4) is 0 Å². The van der Waals surface area contributed by atoms with E-state index in [9.17, 15) is 0 Å². The van der Waals surface area contributed by atoms with Gasteiger partial charge in [-0.15, -0.1) is 0 Å². The first-order chi connectivity index (χ1) is 8.04. The second kappa shape index (κ2) is 6.58. The van der Waals surface area contributed by atoms with E-state index in [1.54, 1.807) is 0 Å². The molecule has 1 heteroatoms. The van der Waals surface area contributed by atoms with Crippen molar-refractivity contribution < 1.29 is 0 Å². The Morgan fingerprint density at radius 1 is 1.29 bits per heavy atom. The van der Waals surface area contributed by atoms with Crippen LogP contribution in [0.15, 0.2) is 12.2 Å². The van der Waals surface area contributed by atoms with Crippen LogP contribution >= 0.6 is 0 Å². The summed E-state index contributed by atoms with van der Waals surface area (Å²) in [5.41, 5.74) is 1.94. The Morgan fingerprint density at radius 2 is 1.88 bits per heavy atom. The third-order valence-corrected chi connectivity index (χ3v) is 4.49. The molecular weight excluding hydrogens is 206 g/mol. The lowest BCUT2D eigenvalue weighted by molar-refractivity contribution is 0.159. The van der Waals surface area contributed by atoms with E-state index < -0.39 is 0 Å². The topological polar surface area (TPSA) is 12.0 Å². The lowest BCUT2D eigenvalue weighted by Crippen LogP contribution is -2.43. The second-order valence-electron chi connectivity index (χ2n) is 6.32. The van der Waals surface area contributed by atoms with E-state index in [0.717, 1.165) is 12.3 Å². The van der Waals surface area contributed by atoms with Gasteiger partial charge >= 0.3 is 0 Å². The minimum absolute atomic E-state index is 0.543. The zero-order chi connectivity index (χ0) is 12.9. The minimum atomic E-state index is 0.543. The normalized spacial score (nSPS) is 20.8. The predicted octanol–water partition coefficient (Wildman–Crippen LogP) is 4.54. The van der Waals surface area contributed by atoms with Crippen LogP contribution in [-0.4, -0.2) is 13.1 Å². The largest absolute Gasteiger partial charge is 0.316 e. The molecule has 1 aliphatic carbocycles. The smallest absolute Gasteiger partial charge is 0.0158 e. The Labute approximate surface area is 108 Å². The van der Waals surface area contributed by atoms with Crippen LogP contribution in [0, 0.1) is 11.3 Å². The van der Waals surface area contributed by atoms with E-state index in [1.165, 1.54) is 44.1 Å². The molecule has 0 aliphatic heterocycles. The van der Waals surface area contributed by atoms with Gasteiger partial charge in [0.05, 0.1) is 0 Å². The van der Waals surface area contributed by atoms with Gasteiger partial charge in [-0.1, -0.05) is 45.8 Å². The van der Waals surface area contributed by atoms with Crippen LogP contribution in [0.5, 0.6) is 0 Å². The first-order valence-electron chi connectivity index (χ1n) is 7.38. The number of nitrogens with one attached hydrogen (secondary N) is 1. The summed E-state index contributed by atoms with van der Waals surface area (Å²) in [5, 5.41) is 3.59. The van der Waals surface area contributed by atoms with Crippen molar-refractivity contribution in [3.8, 4) is 0 Å². The molecule has 0 aromatic heterocycles. The van der Waals surface area contributed by atoms with Gasteiger partial charge in [0.15, 0.2) is 0 Å². The third kappa shape index (κ3) is 3.84. The zero-order valence-electron chi connectivity index (χ0n) is 12.3. The molecule has 1 aliphatic rings. The Bertz CT molecular complexity index is 236. The van der Waals surface area contributed by atoms with Crippen LogP contribution in [-0.2, 0) is 0 Å². The molecule has 0 spiro atoms. The lowest BCUT2D eigenvalue weighted by Gasteiger charge is -2.39. The molecule has 1 N–H and O–H groups in total. The molecule has 0 amide bonds. The standard InChI is InChI=1S/C16H31N/c1-6-14(4)11-15(17-5)16(12-13(2)3)9-7-8-10-16/h13,15,17H,4,6-12H2,1-3,5H3. The maximum absolute atomic E-state index is 4.20. The monoisotopic (exact) mass is 237 g/mol. The molecule has 0 aromatic carbocycles. The maximum Gasteiger partial charge on any atom is 0.0158 e. The summed E-state index contributed by atoms with van der Waals surface area (Å²) in [6.07, 6.45) is 9.32. The van der Waals surface area contributed by atoms with E-state index >= 15 is 0 Å². The fourth-order valence-electron chi connectivity index (χ4n) is 3.64. The Balaban J connectivity index is 2.75. The van der Waals surface area contributed by atoms with Crippen LogP contribution in [0.25, 0.3) is 0 Å². The van der Waals surface area contributed by atoms with Crippen LogP contribution in [0.4, 0.5) is 0 Å². The summed E-state index contributed by atoms with van der Waals surface area (Å²) < 4.78 is 0.